The molecule has 1 aliphatic heterocycles. The van der Waals surface area contributed by atoms with Crippen molar-refractivity contribution in [1.29, 1.82) is 0 Å². The van der Waals surface area contributed by atoms with Crippen LogP contribution in [0, 0.1) is 0 Å². The minimum absolute atomic E-state index is 0.424. The van der Waals surface area contributed by atoms with Crippen LogP contribution in [0.2, 0.25) is 0 Å². The molecule has 0 saturated carbocycles. The number of rotatable bonds is 1. The highest BCUT2D eigenvalue weighted by Gasteiger charge is 2.08. The van der Waals surface area contributed by atoms with Gasteiger partial charge in [0.25, 0.3) is 0 Å². The summed E-state index contributed by atoms with van der Waals surface area (Å²) in [4.78, 5) is 8.07. The largest absolute Gasteiger partial charge is 0.492 e. The van der Waals surface area contributed by atoms with Gasteiger partial charge in [0.15, 0.2) is 0 Å². The maximum atomic E-state index is 5.51. The molecule has 0 fully saturated rings. The van der Waals surface area contributed by atoms with Gasteiger partial charge in [0.05, 0.1) is 19.0 Å². The molecule has 0 radical (unpaired) electrons. The normalized spacial score (nSPS) is 16.2. The van der Waals surface area contributed by atoms with Crippen LogP contribution in [-0.4, -0.2) is 16.6 Å². The highest BCUT2D eigenvalue weighted by atomic mass is 16.5. The summed E-state index contributed by atoms with van der Waals surface area (Å²) in [6, 6.07) is 0. The van der Waals surface area contributed by atoms with Crippen LogP contribution in [0.25, 0.3) is 5.76 Å². The van der Waals surface area contributed by atoms with E-state index in [0.717, 1.165) is 30.9 Å². The number of hydrogen-bond donors (Lipinski definition) is 1. The molecule has 0 aliphatic carbocycles. The highest BCUT2D eigenvalue weighted by molar-refractivity contribution is 5.56. The third kappa shape index (κ3) is 1.77. The Bertz CT molecular complexity index is 335. The first-order chi connectivity index (χ1) is 6.36. The van der Waals surface area contributed by atoms with Gasteiger partial charge >= 0.3 is 0 Å². The third-order valence-corrected chi connectivity index (χ3v) is 1.84. The molecule has 13 heavy (non-hydrogen) atoms. The average molecular weight is 177 g/mol. The number of anilines is 1. The van der Waals surface area contributed by atoms with E-state index in [1.807, 2.05) is 6.08 Å². The molecule has 2 heterocycles. The van der Waals surface area contributed by atoms with Gasteiger partial charge in [-0.1, -0.05) is 0 Å². The van der Waals surface area contributed by atoms with Gasteiger partial charge in [0, 0.05) is 0 Å². The second-order valence-corrected chi connectivity index (χ2v) is 2.89. The predicted molar refractivity (Wildman–Crippen MR) is 49.6 cm³/mol. The van der Waals surface area contributed by atoms with Gasteiger partial charge in [0.1, 0.15) is 17.3 Å². The summed E-state index contributed by atoms with van der Waals surface area (Å²) in [5.74, 6) is 1.22. The molecule has 4 nitrogen and oxygen atoms in total. The lowest BCUT2D eigenvalue weighted by molar-refractivity contribution is 0.257. The molecule has 1 aromatic heterocycles. The molecule has 4 heteroatoms. The average Bonchev–Trinajstić information content (AvgIpc) is 2.19. The minimum atomic E-state index is 0.424. The molecule has 1 aromatic rings. The zero-order valence-corrected chi connectivity index (χ0v) is 7.23. The minimum Gasteiger partial charge on any atom is -0.492 e. The van der Waals surface area contributed by atoms with Crippen LogP contribution < -0.4 is 5.73 Å². The van der Waals surface area contributed by atoms with Crippen LogP contribution in [-0.2, 0) is 4.74 Å². The molecule has 68 valence electrons. The molecule has 0 amide bonds. The fourth-order valence-corrected chi connectivity index (χ4v) is 1.24. The topological polar surface area (TPSA) is 61.0 Å². The Morgan fingerprint density at radius 2 is 2.31 bits per heavy atom. The van der Waals surface area contributed by atoms with E-state index < -0.39 is 0 Å². The van der Waals surface area contributed by atoms with E-state index in [4.69, 9.17) is 10.5 Å². The SMILES string of the molecule is Nc1cncc(C2=CCCCO2)n1. The van der Waals surface area contributed by atoms with Crippen LogP contribution in [0.4, 0.5) is 5.82 Å². The smallest absolute Gasteiger partial charge is 0.142 e. The van der Waals surface area contributed by atoms with Crippen LogP contribution in [0.15, 0.2) is 18.5 Å². The summed E-state index contributed by atoms with van der Waals surface area (Å²) in [6.07, 6.45) is 7.30. The van der Waals surface area contributed by atoms with Crippen molar-refractivity contribution in [2.75, 3.05) is 12.3 Å². The number of nitrogen functional groups attached to an aromatic ring is 1. The Kier molecular flexibility index (Phi) is 2.12. The van der Waals surface area contributed by atoms with Crippen LogP contribution >= 0.6 is 0 Å². The zero-order valence-electron chi connectivity index (χ0n) is 7.23. The van der Waals surface area contributed by atoms with E-state index in [2.05, 4.69) is 9.97 Å². The number of nitrogens with two attached hydrogens (primary N) is 1. The van der Waals surface area contributed by atoms with E-state index in [0.29, 0.717) is 5.82 Å². The molecular formula is C9H11N3O. The number of ether oxygens (including phenoxy) is 1. The lowest BCUT2D eigenvalue weighted by Crippen LogP contribution is -2.03. The Balaban J connectivity index is 2.29. The van der Waals surface area contributed by atoms with Crippen LogP contribution in [0.1, 0.15) is 18.5 Å². The lowest BCUT2D eigenvalue weighted by Gasteiger charge is -2.13. The monoisotopic (exact) mass is 177 g/mol. The summed E-state index contributed by atoms with van der Waals surface area (Å²) >= 11 is 0. The van der Waals surface area contributed by atoms with Crippen molar-refractivity contribution in [3.05, 3.63) is 24.2 Å². The molecule has 0 spiro atoms. The van der Waals surface area contributed by atoms with Gasteiger partial charge in [-0.2, -0.15) is 0 Å². The maximum absolute atomic E-state index is 5.51. The molecule has 0 atom stereocenters. The zero-order chi connectivity index (χ0) is 9.10. The standard InChI is InChI=1S/C9H11N3O/c10-9-6-11-5-7(12-9)8-3-1-2-4-13-8/h3,5-6H,1-2,4H2,(H2,10,12). The van der Waals surface area contributed by atoms with E-state index in [1.165, 1.54) is 6.20 Å². The third-order valence-electron chi connectivity index (χ3n) is 1.84. The number of hydrogen-bond acceptors (Lipinski definition) is 4. The summed E-state index contributed by atoms with van der Waals surface area (Å²) in [5.41, 5.74) is 6.23. The highest BCUT2D eigenvalue weighted by Crippen LogP contribution is 2.19. The van der Waals surface area contributed by atoms with Crippen molar-refractivity contribution in [1.82, 2.24) is 9.97 Å². The van der Waals surface area contributed by atoms with Crippen molar-refractivity contribution >= 4 is 11.6 Å². The molecule has 0 aromatic carbocycles. The summed E-state index contributed by atoms with van der Waals surface area (Å²) in [7, 11) is 0. The van der Waals surface area contributed by atoms with Gasteiger partial charge in [-0.15, -0.1) is 0 Å². The first kappa shape index (κ1) is 8.04. The second kappa shape index (κ2) is 3.43. The number of nitrogens with zero attached hydrogens (tertiary/aromatic N) is 2. The fraction of sp³-hybridized carbons (Fsp3) is 0.333. The Morgan fingerprint density at radius 3 is 3.00 bits per heavy atom. The van der Waals surface area contributed by atoms with Gasteiger partial charge < -0.3 is 10.5 Å². The van der Waals surface area contributed by atoms with Crippen molar-refractivity contribution in [2.45, 2.75) is 12.8 Å². The van der Waals surface area contributed by atoms with E-state index in [9.17, 15) is 0 Å². The first-order valence-electron chi connectivity index (χ1n) is 4.27. The molecule has 0 unspecified atom stereocenters. The Hall–Kier alpha value is -1.58. The Labute approximate surface area is 76.5 Å². The van der Waals surface area contributed by atoms with Crippen LogP contribution in [0.5, 0.6) is 0 Å². The molecular weight excluding hydrogens is 166 g/mol. The predicted octanol–water partition coefficient (Wildman–Crippen LogP) is 1.21. The van der Waals surface area contributed by atoms with Gasteiger partial charge in [-0.05, 0) is 18.9 Å². The van der Waals surface area contributed by atoms with E-state index >= 15 is 0 Å². The van der Waals surface area contributed by atoms with Crippen molar-refractivity contribution in [2.24, 2.45) is 0 Å². The molecule has 1 aliphatic rings. The second-order valence-electron chi connectivity index (χ2n) is 2.89. The van der Waals surface area contributed by atoms with E-state index in [1.54, 1.807) is 6.20 Å². The number of allylic oxidation sites excluding steroid dienone is 1. The molecule has 2 rings (SSSR count). The van der Waals surface area contributed by atoms with Crippen molar-refractivity contribution < 1.29 is 4.74 Å². The van der Waals surface area contributed by atoms with Crippen molar-refractivity contribution in [3.63, 3.8) is 0 Å². The van der Waals surface area contributed by atoms with Crippen molar-refractivity contribution in [3.8, 4) is 0 Å². The molecule has 0 saturated heterocycles. The van der Waals surface area contributed by atoms with E-state index in [-0.39, 0.29) is 0 Å². The lowest BCUT2D eigenvalue weighted by atomic mass is 10.2. The first-order valence-corrected chi connectivity index (χ1v) is 4.27. The number of aromatic nitrogens is 2. The van der Waals surface area contributed by atoms with Gasteiger partial charge in [-0.25, -0.2) is 4.98 Å². The van der Waals surface area contributed by atoms with Gasteiger partial charge in [0.2, 0.25) is 0 Å². The van der Waals surface area contributed by atoms with Crippen LogP contribution in [0.3, 0.4) is 0 Å². The summed E-state index contributed by atoms with van der Waals surface area (Å²) < 4.78 is 5.42. The maximum Gasteiger partial charge on any atom is 0.142 e. The summed E-state index contributed by atoms with van der Waals surface area (Å²) in [5, 5.41) is 0. The quantitative estimate of drug-likeness (QED) is 0.700. The molecule has 0 bridgehead atoms. The van der Waals surface area contributed by atoms with Gasteiger partial charge in [-0.3, -0.25) is 4.98 Å². The molecule has 2 N–H and O–H groups in total. The Morgan fingerprint density at radius 1 is 1.38 bits per heavy atom. The fourth-order valence-electron chi connectivity index (χ4n) is 1.24. The summed E-state index contributed by atoms with van der Waals surface area (Å²) in [6.45, 7) is 0.752.